The van der Waals surface area contributed by atoms with Gasteiger partial charge < -0.3 is 0 Å². The number of aromatic nitrogens is 1. The van der Waals surface area contributed by atoms with E-state index in [1.807, 2.05) is 23.7 Å². The summed E-state index contributed by atoms with van der Waals surface area (Å²) in [6.07, 6.45) is 0. The number of nitrogens with zero attached hydrogens (tertiary/aromatic N) is 1. The maximum Gasteiger partial charge on any atom is 0.0812 e. The van der Waals surface area contributed by atoms with E-state index in [1.165, 1.54) is 4.70 Å². The number of hydrogen-bond acceptors (Lipinski definition) is 2. The summed E-state index contributed by atoms with van der Waals surface area (Å²) in [6.45, 7) is 0. The normalized spacial score (nSPS) is 9.20. The highest BCUT2D eigenvalue weighted by molar-refractivity contribution is 7.16. The molecule has 2 rings (SSSR count). The molecule has 0 atom stereocenters. The molecule has 0 saturated heterocycles. The first-order valence-electron chi connectivity index (χ1n) is 2.75. The Morgan fingerprint density at radius 2 is 2.00 bits per heavy atom. The van der Waals surface area contributed by atoms with E-state index in [1.54, 1.807) is 11.3 Å². The highest BCUT2D eigenvalue weighted by atomic mass is 32.1. The van der Waals surface area contributed by atoms with Gasteiger partial charge in [0.1, 0.15) is 0 Å². The van der Waals surface area contributed by atoms with Gasteiger partial charge >= 0.3 is 0 Å². The van der Waals surface area contributed by atoms with Crippen LogP contribution in [0.2, 0.25) is 0 Å². The lowest BCUT2D eigenvalue weighted by molar-refractivity contribution is 1.50. The monoisotopic (exact) mass is 146 g/mol. The Bertz CT molecular complexity index is 288. The smallest absolute Gasteiger partial charge is 0.0812 e. The number of thiazole rings is 1. The first-order chi connectivity index (χ1) is 4.47. The molecule has 3 radical (unpaired) electrons. The van der Waals surface area contributed by atoms with Crippen LogP contribution in [0.4, 0.5) is 0 Å². The second-order valence-electron chi connectivity index (χ2n) is 1.82. The van der Waals surface area contributed by atoms with Gasteiger partial charge in [0.2, 0.25) is 0 Å². The van der Waals surface area contributed by atoms with Crippen LogP contribution in [0.5, 0.6) is 0 Å². The van der Waals surface area contributed by atoms with E-state index < -0.39 is 0 Å². The van der Waals surface area contributed by atoms with Crippen molar-refractivity contribution >= 4 is 30.0 Å². The molecule has 0 unspecified atom stereocenters. The quantitative estimate of drug-likeness (QED) is 0.517. The Kier molecular flexibility index (Phi) is 2.07. The minimum Gasteiger partial charge on any atom is -0.245 e. The van der Waals surface area contributed by atoms with Gasteiger partial charge in [0.15, 0.2) is 0 Å². The molecule has 3 heteroatoms. The van der Waals surface area contributed by atoms with Crippen molar-refractivity contribution < 1.29 is 0 Å². The van der Waals surface area contributed by atoms with E-state index in [4.69, 9.17) is 0 Å². The summed E-state index contributed by atoms with van der Waals surface area (Å²) in [5.74, 6) is 0. The fourth-order valence-electron chi connectivity index (χ4n) is 0.803. The molecule has 1 heterocycles. The number of hydrogen-bond donors (Lipinski definition) is 0. The number of fused-ring (bicyclic) bond motifs is 1. The summed E-state index contributed by atoms with van der Waals surface area (Å²) < 4.78 is 1.26. The van der Waals surface area contributed by atoms with Gasteiger partial charge in [0.05, 0.1) is 15.7 Å². The van der Waals surface area contributed by atoms with Crippen molar-refractivity contribution in [2.45, 2.75) is 0 Å². The zero-order chi connectivity index (χ0) is 6.10. The van der Waals surface area contributed by atoms with E-state index in [-0.39, 0.29) is 8.41 Å². The molecule has 0 N–H and O–H groups in total. The van der Waals surface area contributed by atoms with Crippen molar-refractivity contribution in [3.05, 3.63) is 29.8 Å². The summed E-state index contributed by atoms with van der Waals surface area (Å²) >= 11 is 1.68. The fourth-order valence-corrected chi connectivity index (χ4v) is 1.48. The van der Waals surface area contributed by atoms with E-state index in [0.717, 1.165) is 5.52 Å². The average molecular weight is 146 g/mol. The van der Waals surface area contributed by atoms with Gasteiger partial charge in [0, 0.05) is 8.41 Å². The minimum absolute atomic E-state index is 0. The summed E-state index contributed by atoms with van der Waals surface area (Å²) in [4.78, 5) is 4.14. The van der Waals surface area contributed by atoms with E-state index in [9.17, 15) is 0 Å². The van der Waals surface area contributed by atoms with Crippen LogP contribution in [-0.2, 0) is 0 Å². The van der Waals surface area contributed by atoms with Crippen LogP contribution in [0.15, 0.2) is 29.8 Å². The third-order valence-corrected chi connectivity index (χ3v) is 2.05. The molecule has 0 amide bonds. The molecular weight excluding hydrogens is 141 g/mol. The SMILES string of the molecule is [B].c1ccc2scnc2c1. The highest BCUT2D eigenvalue weighted by Crippen LogP contribution is 2.15. The molecule has 0 saturated carbocycles. The van der Waals surface area contributed by atoms with Gasteiger partial charge in [-0.05, 0) is 12.1 Å². The number of benzene rings is 1. The Labute approximate surface area is 65.3 Å². The summed E-state index contributed by atoms with van der Waals surface area (Å²) in [6, 6.07) is 8.13. The van der Waals surface area contributed by atoms with Crippen LogP contribution in [0.3, 0.4) is 0 Å². The summed E-state index contributed by atoms with van der Waals surface area (Å²) in [5.41, 5.74) is 2.97. The van der Waals surface area contributed by atoms with Crippen molar-refractivity contribution in [1.82, 2.24) is 4.98 Å². The Morgan fingerprint density at radius 1 is 1.20 bits per heavy atom. The van der Waals surface area contributed by atoms with Crippen molar-refractivity contribution in [1.29, 1.82) is 0 Å². The topological polar surface area (TPSA) is 12.9 Å². The van der Waals surface area contributed by atoms with Crippen LogP contribution in [-0.4, -0.2) is 13.4 Å². The molecule has 2 aromatic rings. The van der Waals surface area contributed by atoms with Gasteiger partial charge in [-0.25, -0.2) is 4.98 Å². The summed E-state index contributed by atoms with van der Waals surface area (Å²) in [7, 11) is 0. The van der Waals surface area contributed by atoms with E-state index in [2.05, 4.69) is 11.1 Å². The second-order valence-corrected chi connectivity index (χ2v) is 2.71. The molecule has 1 nitrogen and oxygen atoms in total. The van der Waals surface area contributed by atoms with Gasteiger partial charge in [-0.2, -0.15) is 0 Å². The van der Waals surface area contributed by atoms with Crippen LogP contribution >= 0.6 is 11.3 Å². The molecule has 1 aromatic heterocycles. The zero-order valence-electron chi connectivity index (χ0n) is 5.32. The van der Waals surface area contributed by atoms with E-state index in [0.29, 0.717) is 0 Å². The van der Waals surface area contributed by atoms with Gasteiger partial charge in [-0.1, -0.05) is 12.1 Å². The Morgan fingerprint density at radius 3 is 2.80 bits per heavy atom. The molecular formula is C7H5BNS. The Balaban J connectivity index is 0.000000500. The maximum absolute atomic E-state index is 4.14. The van der Waals surface area contributed by atoms with Crippen LogP contribution in [0.1, 0.15) is 0 Å². The van der Waals surface area contributed by atoms with E-state index >= 15 is 0 Å². The zero-order valence-corrected chi connectivity index (χ0v) is 6.14. The van der Waals surface area contributed by atoms with Crippen LogP contribution in [0, 0.1) is 0 Å². The first kappa shape index (κ1) is 7.28. The molecule has 0 aliphatic heterocycles. The molecule has 10 heavy (non-hydrogen) atoms. The van der Waals surface area contributed by atoms with Gasteiger partial charge in [-0.15, -0.1) is 11.3 Å². The molecule has 0 bridgehead atoms. The maximum atomic E-state index is 4.14. The predicted octanol–water partition coefficient (Wildman–Crippen LogP) is 1.92. The minimum atomic E-state index is 0. The number of rotatable bonds is 0. The molecule has 0 aliphatic rings. The van der Waals surface area contributed by atoms with Gasteiger partial charge in [0.25, 0.3) is 0 Å². The molecule has 0 fully saturated rings. The molecule has 0 spiro atoms. The lowest BCUT2D eigenvalue weighted by Crippen LogP contribution is -1.61. The highest BCUT2D eigenvalue weighted by Gasteiger charge is 1.89. The van der Waals surface area contributed by atoms with Crippen molar-refractivity contribution in [2.75, 3.05) is 0 Å². The Hall–Kier alpha value is -0.825. The van der Waals surface area contributed by atoms with Crippen molar-refractivity contribution in [2.24, 2.45) is 0 Å². The van der Waals surface area contributed by atoms with Crippen molar-refractivity contribution in [3.8, 4) is 0 Å². The predicted molar refractivity (Wildman–Crippen MR) is 45.4 cm³/mol. The number of para-hydroxylation sites is 1. The molecule has 0 aliphatic carbocycles. The third kappa shape index (κ3) is 1.05. The second kappa shape index (κ2) is 2.84. The van der Waals surface area contributed by atoms with Crippen LogP contribution < -0.4 is 0 Å². The van der Waals surface area contributed by atoms with Gasteiger partial charge in [-0.3, -0.25) is 0 Å². The first-order valence-corrected chi connectivity index (χ1v) is 3.63. The molecule has 47 valence electrons. The largest absolute Gasteiger partial charge is 0.245 e. The third-order valence-electron chi connectivity index (χ3n) is 1.24. The fraction of sp³-hybridized carbons (Fsp3) is 0. The van der Waals surface area contributed by atoms with Crippen LogP contribution in [0.25, 0.3) is 10.2 Å². The lowest BCUT2D eigenvalue weighted by Gasteiger charge is -1.80. The summed E-state index contributed by atoms with van der Waals surface area (Å²) in [5, 5.41) is 0. The average Bonchev–Trinajstić information content (AvgIpc) is 2.33. The van der Waals surface area contributed by atoms with Crippen molar-refractivity contribution in [3.63, 3.8) is 0 Å². The standard InChI is InChI=1S/C7H5NS.B/c1-2-4-7-6(3-1)8-5-9-7;/h1-5H;. The molecule has 1 aromatic carbocycles. The lowest BCUT2D eigenvalue weighted by atomic mass is 10.3.